The van der Waals surface area contributed by atoms with E-state index in [1.165, 1.54) is 17.0 Å². The van der Waals surface area contributed by atoms with Gasteiger partial charge in [-0.05, 0) is 17.5 Å². The summed E-state index contributed by atoms with van der Waals surface area (Å²) in [5.41, 5.74) is -0.147. The molecule has 0 bridgehead atoms. The average molecular weight is 306 g/mol. The van der Waals surface area contributed by atoms with E-state index in [1.807, 2.05) is 17.5 Å². The molecule has 0 atom stereocenters. The highest BCUT2D eigenvalue weighted by atomic mass is 32.1. The lowest BCUT2D eigenvalue weighted by molar-refractivity contribution is -0.385. The van der Waals surface area contributed by atoms with Crippen LogP contribution in [-0.2, 0) is 11.3 Å². The first-order valence-corrected chi connectivity index (χ1v) is 7.08. The van der Waals surface area contributed by atoms with Crippen molar-refractivity contribution in [2.24, 2.45) is 0 Å². The van der Waals surface area contributed by atoms with E-state index in [0.717, 1.165) is 4.88 Å². The zero-order valence-corrected chi connectivity index (χ0v) is 12.2. The normalized spacial score (nSPS) is 10.1. The van der Waals surface area contributed by atoms with E-state index in [-0.39, 0.29) is 24.0 Å². The molecule has 0 spiro atoms. The summed E-state index contributed by atoms with van der Waals surface area (Å²) in [5, 5.41) is 12.8. The number of nitro groups is 1. The number of carbonyl (C=O) groups excluding carboxylic acids is 1. The summed E-state index contributed by atoms with van der Waals surface area (Å²) >= 11 is 1.57. The summed E-state index contributed by atoms with van der Waals surface area (Å²) in [4.78, 5) is 24.9. The van der Waals surface area contributed by atoms with Crippen LogP contribution in [0.2, 0.25) is 0 Å². The number of carbonyl (C=O) groups is 1. The van der Waals surface area contributed by atoms with Crippen molar-refractivity contribution in [2.45, 2.75) is 6.54 Å². The van der Waals surface area contributed by atoms with Crippen molar-refractivity contribution in [1.29, 1.82) is 0 Å². The average Bonchev–Trinajstić information content (AvgIpc) is 2.97. The van der Waals surface area contributed by atoms with Gasteiger partial charge in [-0.25, -0.2) is 0 Å². The van der Waals surface area contributed by atoms with Crippen LogP contribution in [0, 0.1) is 10.1 Å². The Kier molecular flexibility index (Phi) is 4.89. The highest BCUT2D eigenvalue weighted by Crippen LogP contribution is 2.25. The molecule has 0 unspecified atom stereocenters. The van der Waals surface area contributed by atoms with E-state index < -0.39 is 4.92 Å². The standard InChI is InChI=1S/C14H14N2O4S/c1-15(9-11-5-4-8-21-11)14(17)10-20-13-7-3-2-6-12(13)16(18)19/h2-8H,9-10H2,1H3. The second-order valence-electron chi connectivity index (χ2n) is 4.34. The maximum atomic E-state index is 12.0. The van der Waals surface area contributed by atoms with Crippen molar-refractivity contribution in [3.8, 4) is 5.75 Å². The quantitative estimate of drug-likeness (QED) is 0.607. The van der Waals surface area contributed by atoms with Crippen LogP contribution in [0.15, 0.2) is 41.8 Å². The molecule has 0 aliphatic rings. The molecule has 0 aliphatic heterocycles. The molecule has 1 amide bonds. The molecule has 0 saturated carbocycles. The smallest absolute Gasteiger partial charge is 0.310 e. The van der Waals surface area contributed by atoms with Crippen LogP contribution in [0.25, 0.3) is 0 Å². The Labute approximate surface area is 125 Å². The molecular formula is C14H14N2O4S. The molecule has 0 fully saturated rings. The Bertz CT molecular complexity index is 628. The molecule has 2 aromatic rings. The van der Waals surface area contributed by atoms with Crippen molar-refractivity contribution >= 4 is 22.9 Å². The molecule has 0 aliphatic carbocycles. The van der Waals surface area contributed by atoms with Gasteiger partial charge in [0.25, 0.3) is 5.91 Å². The van der Waals surface area contributed by atoms with E-state index in [1.54, 1.807) is 30.5 Å². The summed E-state index contributed by atoms with van der Waals surface area (Å²) in [5.74, 6) is -0.137. The number of nitro benzene ring substituents is 1. The molecule has 0 saturated heterocycles. The molecule has 2 rings (SSSR count). The van der Waals surface area contributed by atoms with Crippen LogP contribution in [0.3, 0.4) is 0 Å². The number of benzene rings is 1. The first kappa shape index (κ1) is 15.0. The molecular weight excluding hydrogens is 292 g/mol. The fourth-order valence-corrected chi connectivity index (χ4v) is 2.46. The minimum Gasteiger partial charge on any atom is -0.477 e. The second-order valence-corrected chi connectivity index (χ2v) is 5.37. The summed E-state index contributed by atoms with van der Waals surface area (Å²) in [6, 6.07) is 9.86. The Balaban J connectivity index is 1.93. The maximum Gasteiger partial charge on any atom is 0.310 e. The topological polar surface area (TPSA) is 72.7 Å². The van der Waals surface area contributed by atoms with Crippen molar-refractivity contribution in [3.05, 3.63) is 56.8 Å². The molecule has 0 radical (unpaired) electrons. The van der Waals surface area contributed by atoms with Crippen LogP contribution in [0.1, 0.15) is 4.88 Å². The molecule has 6 nitrogen and oxygen atoms in total. The molecule has 0 N–H and O–H groups in total. The lowest BCUT2D eigenvalue weighted by Gasteiger charge is -2.16. The third-order valence-electron chi connectivity index (χ3n) is 2.81. The largest absolute Gasteiger partial charge is 0.477 e. The Morgan fingerprint density at radius 1 is 1.33 bits per heavy atom. The van der Waals surface area contributed by atoms with Crippen LogP contribution in [-0.4, -0.2) is 29.4 Å². The van der Waals surface area contributed by atoms with Gasteiger partial charge in [0.05, 0.1) is 11.5 Å². The predicted molar refractivity (Wildman–Crippen MR) is 79.4 cm³/mol. The lowest BCUT2D eigenvalue weighted by atomic mass is 10.3. The number of amides is 1. The highest BCUT2D eigenvalue weighted by molar-refractivity contribution is 7.09. The lowest BCUT2D eigenvalue weighted by Crippen LogP contribution is -2.30. The number of ether oxygens (including phenoxy) is 1. The maximum absolute atomic E-state index is 12.0. The number of rotatable bonds is 6. The Morgan fingerprint density at radius 3 is 2.76 bits per heavy atom. The number of thiophene rings is 1. The van der Waals surface area contributed by atoms with Crippen molar-refractivity contribution in [1.82, 2.24) is 4.90 Å². The van der Waals surface area contributed by atoms with Gasteiger partial charge in [-0.15, -0.1) is 11.3 Å². The van der Waals surface area contributed by atoms with Gasteiger partial charge in [-0.3, -0.25) is 14.9 Å². The molecule has 21 heavy (non-hydrogen) atoms. The first-order valence-electron chi connectivity index (χ1n) is 6.20. The summed E-state index contributed by atoms with van der Waals surface area (Å²) in [6.45, 7) is 0.267. The molecule has 110 valence electrons. The fourth-order valence-electron chi connectivity index (χ4n) is 1.70. The summed E-state index contributed by atoms with van der Waals surface area (Å²) < 4.78 is 5.27. The van der Waals surface area contributed by atoms with Gasteiger partial charge in [0.2, 0.25) is 0 Å². The highest BCUT2D eigenvalue weighted by Gasteiger charge is 2.16. The number of para-hydroxylation sites is 2. The van der Waals surface area contributed by atoms with Crippen LogP contribution >= 0.6 is 11.3 Å². The summed E-state index contributed by atoms with van der Waals surface area (Å²) in [7, 11) is 1.67. The predicted octanol–water partition coefficient (Wildman–Crippen LogP) is 2.69. The molecule has 1 aromatic carbocycles. The van der Waals surface area contributed by atoms with Crippen molar-refractivity contribution in [2.75, 3.05) is 13.7 Å². The van der Waals surface area contributed by atoms with Gasteiger partial charge >= 0.3 is 5.69 Å². The van der Waals surface area contributed by atoms with Gasteiger partial charge in [-0.2, -0.15) is 0 Å². The van der Waals surface area contributed by atoms with E-state index in [0.29, 0.717) is 6.54 Å². The van der Waals surface area contributed by atoms with Crippen LogP contribution in [0.5, 0.6) is 5.75 Å². The third kappa shape index (κ3) is 4.03. The van der Waals surface area contributed by atoms with E-state index in [2.05, 4.69) is 0 Å². The monoisotopic (exact) mass is 306 g/mol. The number of hydrogen-bond acceptors (Lipinski definition) is 5. The van der Waals surface area contributed by atoms with Gasteiger partial charge in [0, 0.05) is 18.0 Å². The van der Waals surface area contributed by atoms with Crippen LogP contribution < -0.4 is 4.74 Å². The number of nitrogens with zero attached hydrogens (tertiary/aromatic N) is 2. The number of likely N-dealkylation sites (N-methyl/N-ethyl adjacent to an activating group) is 1. The number of hydrogen-bond donors (Lipinski definition) is 0. The first-order chi connectivity index (χ1) is 10.1. The van der Waals surface area contributed by atoms with Crippen molar-refractivity contribution < 1.29 is 14.5 Å². The minimum absolute atomic E-state index is 0.0976. The Hall–Kier alpha value is -2.41. The fraction of sp³-hybridized carbons (Fsp3) is 0.214. The summed E-state index contributed by atoms with van der Waals surface area (Å²) in [6.07, 6.45) is 0. The SMILES string of the molecule is CN(Cc1cccs1)C(=O)COc1ccccc1[N+](=O)[O-]. The van der Waals surface area contributed by atoms with Gasteiger partial charge in [0.1, 0.15) is 0 Å². The van der Waals surface area contributed by atoms with Crippen molar-refractivity contribution in [3.63, 3.8) is 0 Å². The van der Waals surface area contributed by atoms with E-state index in [4.69, 9.17) is 4.74 Å². The zero-order chi connectivity index (χ0) is 15.2. The van der Waals surface area contributed by atoms with Gasteiger partial charge in [-0.1, -0.05) is 18.2 Å². The molecule has 1 heterocycles. The van der Waals surface area contributed by atoms with Gasteiger partial charge < -0.3 is 9.64 Å². The second kappa shape index (κ2) is 6.85. The third-order valence-corrected chi connectivity index (χ3v) is 3.67. The Morgan fingerprint density at radius 2 is 2.10 bits per heavy atom. The zero-order valence-electron chi connectivity index (χ0n) is 11.4. The minimum atomic E-state index is -0.533. The van der Waals surface area contributed by atoms with Crippen LogP contribution in [0.4, 0.5) is 5.69 Å². The van der Waals surface area contributed by atoms with E-state index in [9.17, 15) is 14.9 Å². The van der Waals surface area contributed by atoms with Gasteiger partial charge in [0.15, 0.2) is 12.4 Å². The van der Waals surface area contributed by atoms with E-state index >= 15 is 0 Å². The molecule has 1 aromatic heterocycles. The molecule has 7 heteroatoms.